The minimum absolute atomic E-state index is 0.0996. The van der Waals surface area contributed by atoms with E-state index in [0.717, 1.165) is 44.9 Å². The van der Waals surface area contributed by atoms with E-state index in [0.29, 0.717) is 5.69 Å². The molecule has 1 amide bonds. The molecule has 1 aliphatic rings. The molecular formula is C14H23N3OS. The van der Waals surface area contributed by atoms with Crippen LogP contribution in [0, 0.1) is 5.92 Å². The van der Waals surface area contributed by atoms with E-state index in [2.05, 4.69) is 23.7 Å². The fourth-order valence-corrected chi connectivity index (χ4v) is 3.17. The summed E-state index contributed by atoms with van der Waals surface area (Å²) in [5.74, 6) is 0.835. The molecule has 0 bridgehead atoms. The van der Waals surface area contributed by atoms with Crippen LogP contribution in [-0.2, 0) is 0 Å². The number of nitrogens with zero attached hydrogens (tertiary/aromatic N) is 3. The van der Waals surface area contributed by atoms with E-state index in [-0.39, 0.29) is 5.91 Å². The quantitative estimate of drug-likeness (QED) is 0.831. The second kappa shape index (κ2) is 7.01. The van der Waals surface area contributed by atoms with Crippen LogP contribution >= 0.6 is 11.3 Å². The van der Waals surface area contributed by atoms with Gasteiger partial charge in [-0.15, -0.1) is 11.3 Å². The van der Waals surface area contributed by atoms with Gasteiger partial charge in [0.2, 0.25) is 0 Å². The van der Waals surface area contributed by atoms with Crippen molar-refractivity contribution in [1.29, 1.82) is 0 Å². The van der Waals surface area contributed by atoms with Gasteiger partial charge in [0, 0.05) is 25.0 Å². The summed E-state index contributed by atoms with van der Waals surface area (Å²) in [5, 5.41) is 1.84. The maximum atomic E-state index is 12.2. The van der Waals surface area contributed by atoms with Crippen LogP contribution in [0.2, 0.25) is 0 Å². The largest absolute Gasteiger partial charge is 0.337 e. The first kappa shape index (κ1) is 14.5. The number of likely N-dealkylation sites (tertiary alicyclic amines) is 1. The van der Waals surface area contributed by atoms with Gasteiger partial charge in [-0.2, -0.15) is 0 Å². The highest BCUT2D eigenvalue weighted by molar-refractivity contribution is 7.07. The van der Waals surface area contributed by atoms with Crippen LogP contribution in [0.1, 0.15) is 37.2 Å². The summed E-state index contributed by atoms with van der Waals surface area (Å²) in [7, 11) is 0. The van der Waals surface area contributed by atoms with Gasteiger partial charge >= 0.3 is 0 Å². The number of carbonyl (C=O) groups excluding carboxylic acids is 1. The molecule has 1 aromatic rings. The van der Waals surface area contributed by atoms with Crippen LogP contribution in [0.4, 0.5) is 0 Å². The molecule has 0 aliphatic carbocycles. The van der Waals surface area contributed by atoms with Crippen LogP contribution < -0.4 is 0 Å². The molecule has 0 saturated carbocycles. The molecule has 1 saturated heterocycles. The van der Waals surface area contributed by atoms with Crippen molar-refractivity contribution >= 4 is 17.2 Å². The van der Waals surface area contributed by atoms with Crippen molar-refractivity contribution in [2.45, 2.75) is 26.7 Å². The summed E-state index contributed by atoms with van der Waals surface area (Å²) in [4.78, 5) is 20.7. The van der Waals surface area contributed by atoms with Crippen molar-refractivity contribution in [3.63, 3.8) is 0 Å². The van der Waals surface area contributed by atoms with E-state index in [1.54, 1.807) is 5.51 Å². The molecule has 1 fully saturated rings. The highest BCUT2D eigenvalue weighted by Gasteiger charge is 2.25. The van der Waals surface area contributed by atoms with E-state index in [4.69, 9.17) is 0 Å². The molecule has 5 heteroatoms. The highest BCUT2D eigenvalue weighted by Crippen LogP contribution is 2.20. The molecule has 2 rings (SSSR count). The molecule has 2 heterocycles. The lowest BCUT2D eigenvalue weighted by Crippen LogP contribution is -2.41. The number of hydrogen-bond acceptors (Lipinski definition) is 4. The lowest BCUT2D eigenvalue weighted by molar-refractivity contribution is 0.0664. The van der Waals surface area contributed by atoms with Crippen molar-refractivity contribution in [3.8, 4) is 0 Å². The highest BCUT2D eigenvalue weighted by atomic mass is 32.1. The fraction of sp³-hybridized carbons (Fsp3) is 0.714. The van der Waals surface area contributed by atoms with Gasteiger partial charge in [0.1, 0.15) is 5.69 Å². The van der Waals surface area contributed by atoms with E-state index in [1.165, 1.54) is 17.9 Å². The second-order valence-electron chi connectivity index (χ2n) is 5.10. The zero-order valence-electron chi connectivity index (χ0n) is 11.8. The standard InChI is InChI=1S/C14H23N3OS/c1-3-16(4-2)9-12-5-7-17(8-6-12)14(18)13-10-19-11-15-13/h10-12H,3-9H2,1-2H3. The van der Waals surface area contributed by atoms with Crippen molar-refractivity contribution in [3.05, 3.63) is 16.6 Å². The molecule has 0 unspecified atom stereocenters. The summed E-state index contributed by atoms with van der Waals surface area (Å²) in [5.41, 5.74) is 2.33. The third kappa shape index (κ3) is 3.76. The van der Waals surface area contributed by atoms with Crippen LogP contribution in [0.3, 0.4) is 0 Å². The zero-order valence-corrected chi connectivity index (χ0v) is 12.7. The normalized spacial score (nSPS) is 17.1. The predicted octanol–water partition coefficient (Wildman–Crippen LogP) is 2.34. The van der Waals surface area contributed by atoms with E-state index < -0.39 is 0 Å². The lowest BCUT2D eigenvalue weighted by Gasteiger charge is -2.34. The van der Waals surface area contributed by atoms with Gasteiger partial charge in [-0.1, -0.05) is 13.8 Å². The van der Waals surface area contributed by atoms with Crippen LogP contribution in [0.15, 0.2) is 10.9 Å². The number of carbonyl (C=O) groups is 1. The zero-order chi connectivity index (χ0) is 13.7. The Labute approximate surface area is 119 Å². The van der Waals surface area contributed by atoms with Crippen LogP contribution in [0.5, 0.6) is 0 Å². The maximum Gasteiger partial charge on any atom is 0.273 e. The molecule has 0 spiro atoms. The minimum atomic E-state index is 0.0996. The maximum absolute atomic E-state index is 12.2. The number of thiazole rings is 1. The Morgan fingerprint density at radius 3 is 2.63 bits per heavy atom. The molecular weight excluding hydrogens is 258 g/mol. The van der Waals surface area contributed by atoms with Crippen molar-refractivity contribution in [2.24, 2.45) is 5.92 Å². The van der Waals surface area contributed by atoms with Crippen LogP contribution in [0.25, 0.3) is 0 Å². The van der Waals surface area contributed by atoms with Gasteiger partial charge in [-0.25, -0.2) is 4.98 Å². The van der Waals surface area contributed by atoms with Gasteiger partial charge in [0.15, 0.2) is 0 Å². The van der Waals surface area contributed by atoms with E-state index in [1.807, 2.05) is 10.3 Å². The minimum Gasteiger partial charge on any atom is -0.337 e. The number of aromatic nitrogens is 1. The smallest absolute Gasteiger partial charge is 0.273 e. The second-order valence-corrected chi connectivity index (χ2v) is 5.81. The molecule has 0 aromatic carbocycles. The van der Waals surface area contributed by atoms with Gasteiger partial charge in [-0.3, -0.25) is 4.79 Å². The summed E-state index contributed by atoms with van der Waals surface area (Å²) in [6.45, 7) is 9.59. The SMILES string of the molecule is CCN(CC)CC1CCN(C(=O)c2cscn2)CC1. The lowest BCUT2D eigenvalue weighted by atomic mass is 9.96. The van der Waals surface area contributed by atoms with Gasteiger partial charge in [0.05, 0.1) is 5.51 Å². The Morgan fingerprint density at radius 1 is 1.42 bits per heavy atom. The fourth-order valence-electron chi connectivity index (χ4n) is 2.65. The average Bonchev–Trinajstić information content (AvgIpc) is 2.99. The third-order valence-electron chi connectivity index (χ3n) is 3.96. The van der Waals surface area contributed by atoms with Crippen molar-refractivity contribution in [1.82, 2.24) is 14.8 Å². The third-order valence-corrected chi connectivity index (χ3v) is 4.55. The Kier molecular flexibility index (Phi) is 5.34. The van der Waals surface area contributed by atoms with Gasteiger partial charge < -0.3 is 9.80 Å². The van der Waals surface area contributed by atoms with Gasteiger partial charge in [0.25, 0.3) is 5.91 Å². The molecule has 0 N–H and O–H groups in total. The average molecular weight is 281 g/mol. The van der Waals surface area contributed by atoms with Gasteiger partial charge in [-0.05, 0) is 31.8 Å². The molecule has 1 aromatic heterocycles. The molecule has 0 atom stereocenters. The summed E-state index contributed by atoms with van der Waals surface area (Å²) in [6, 6.07) is 0. The van der Waals surface area contributed by atoms with Crippen molar-refractivity contribution < 1.29 is 4.79 Å². The molecule has 106 valence electrons. The van der Waals surface area contributed by atoms with E-state index in [9.17, 15) is 4.79 Å². The molecule has 4 nitrogen and oxygen atoms in total. The monoisotopic (exact) mass is 281 g/mol. The summed E-state index contributed by atoms with van der Waals surface area (Å²) < 4.78 is 0. The summed E-state index contributed by atoms with van der Waals surface area (Å²) in [6.07, 6.45) is 2.23. The molecule has 1 aliphatic heterocycles. The Balaban J connectivity index is 1.81. The first-order valence-electron chi connectivity index (χ1n) is 7.14. The number of amides is 1. The summed E-state index contributed by atoms with van der Waals surface area (Å²) >= 11 is 1.48. The number of hydrogen-bond donors (Lipinski definition) is 0. The number of piperidine rings is 1. The Bertz CT molecular complexity index is 381. The number of rotatable bonds is 5. The topological polar surface area (TPSA) is 36.4 Å². The predicted molar refractivity (Wildman–Crippen MR) is 78.5 cm³/mol. The molecule has 0 radical (unpaired) electrons. The Hall–Kier alpha value is -0.940. The first-order valence-corrected chi connectivity index (χ1v) is 8.08. The molecule has 19 heavy (non-hydrogen) atoms. The first-order chi connectivity index (χ1) is 9.24. The van der Waals surface area contributed by atoms with E-state index >= 15 is 0 Å². The Morgan fingerprint density at radius 2 is 2.11 bits per heavy atom. The van der Waals surface area contributed by atoms with Crippen molar-refractivity contribution in [2.75, 3.05) is 32.7 Å². The van der Waals surface area contributed by atoms with Crippen LogP contribution in [-0.4, -0.2) is 53.4 Å².